The molecular weight excluding hydrogens is 320 g/mol. The minimum absolute atomic E-state index is 0.0417. The van der Waals surface area contributed by atoms with E-state index in [1.54, 1.807) is 6.07 Å². The summed E-state index contributed by atoms with van der Waals surface area (Å²) in [5, 5.41) is 9.76. The second kappa shape index (κ2) is 7.04. The number of carbonyl (C=O) groups is 2. The number of hydrogen-bond donors (Lipinski definition) is 1. The minimum atomic E-state index is -1.25. The fraction of sp³-hybridized carbons (Fsp3) is 0.579. The van der Waals surface area contributed by atoms with E-state index in [0.717, 1.165) is 25.1 Å². The zero-order valence-corrected chi connectivity index (χ0v) is 14.9. The summed E-state index contributed by atoms with van der Waals surface area (Å²) < 4.78 is 5.91. The third kappa shape index (κ3) is 3.79. The van der Waals surface area contributed by atoms with Crippen LogP contribution in [0.2, 0.25) is 0 Å². The highest BCUT2D eigenvalue weighted by molar-refractivity contribution is 5.81. The van der Waals surface area contributed by atoms with E-state index in [4.69, 9.17) is 4.74 Å². The Morgan fingerprint density at radius 2 is 1.96 bits per heavy atom. The molecule has 6 heteroatoms. The molecule has 0 unspecified atom stereocenters. The first-order valence-electron chi connectivity index (χ1n) is 8.86. The number of aliphatic carboxylic acids is 1. The molecule has 2 aliphatic rings. The average molecular weight is 346 g/mol. The molecule has 1 aromatic rings. The van der Waals surface area contributed by atoms with E-state index in [1.807, 2.05) is 37.1 Å². The molecule has 1 aromatic carbocycles. The van der Waals surface area contributed by atoms with Crippen molar-refractivity contribution < 1.29 is 19.4 Å². The van der Waals surface area contributed by atoms with Gasteiger partial charge in [0.1, 0.15) is 5.75 Å². The molecule has 0 aromatic heterocycles. The van der Waals surface area contributed by atoms with Gasteiger partial charge in [0.2, 0.25) is 11.5 Å². The molecule has 1 atom stereocenters. The Balaban J connectivity index is 1.66. The summed E-state index contributed by atoms with van der Waals surface area (Å²) in [5.74, 6) is -0.194. The number of carboxylic acid groups (broad SMARTS) is 1. The van der Waals surface area contributed by atoms with Crippen molar-refractivity contribution in [3.05, 3.63) is 29.8 Å². The molecule has 0 spiro atoms. The highest BCUT2D eigenvalue weighted by Crippen LogP contribution is 2.31. The minimum Gasteiger partial charge on any atom is -0.478 e. The first-order chi connectivity index (χ1) is 11.9. The molecule has 6 nitrogen and oxygen atoms in total. The van der Waals surface area contributed by atoms with Crippen LogP contribution in [0.1, 0.15) is 24.8 Å². The predicted molar refractivity (Wildman–Crippen MR) is 93.6 cm³/mol. The van der Waals surface area contributed by atoms with Gasteiger partial charge in [0.15, 0.2) is 0 Å². The molecule has 136 valence electrons. The summed E-state index contributed by atoms with van der Waals surface area (Å²) in [6, 6.07) is 7.43. The van der Waals surface area contributed by atoms with Crippen LogP contribution in [0.4, 0.5) is 0 Å². The number of rotatable bonds is 4. The third-order valence-corrected chi connectivity index (χ3v) is 5.32. The lowest BCUT2D eigenvalue weighted by Crippen LogP contribution is -2.55. The Labute approximate surface area is 148 Å². The molecule has 0 saturated carbocycles. The number of nitrogens with zero attached hydrogens (tertiary/aromatic N) is 2. The fourth-order valence-corrected chi connectivity index (χ4v) is 3.75. The first-order valence-corrected chi connectivity index (χ1v) is 8.86. The van der Waals surface area contributed by atoms with E-state index < -0.39 is 11.6 Å². The number of hydrogen-bond acceptors (Lipinski definition) is 4. The topological polar surface area (TPSA) is 70.1 Å². The van der Waals surface area contributed by atoms with E-state index in [-0.39, 0.29) is 11.8 Å². The maximum Gasteiger partial charge on any atom is 0.348 e. The average Bonchev–Trinajstić information content (AvgIpc) is 3.01. The Kier molecular flexibility index (Phi) is 4.99. The zero-order valence-electron chi connectivity index (χ0n) is 14.9. The van der Waals surface area contributed by atoms with Crippen LogP contribution in [0, 0.1) is 12.8 Å². The quantitative estimate of drug-likeness (QED) is 0.900. The maximum absolute atomic E-state index is 12.6. The van der Waals surface area contributed by atoms with Crippen molar-refractivity contribution in [1.82, 2.24) is 9.80 Å². The Morgan fingerprint density at radius 1 is 1.24 bits per heavy atom. The molecule has 0 bridgehead atoms. The highest BCUT2D eigenvalue weighted by atomic mass is 16.5. The number of carbonyl (C=O) groups excluding carboxylic acids is 1. The third-order valence-electron chi connectivity index (χ3n) is 5.32. The van der Waals surface area contributed by atoms with E-state index in [1.165, 1.54) is 0 Å². The van der Waals surface area contributed by atoms with Crippen LogP contribution in [0.5, 0.6) is 5.75 Å². The van der Waals surface area contributed by atoms with E-state index in [9.17, 15) is 14.7 Å². The van der Waals surface area contributed by atoms with Gasteiger partial charge in [-0.25, -0.2) is 4.79 Å². The first kappa shape index (κ1) is 17.7. The second-order valence-corrected chi connectivity index (χ2v) is 7.29. The fourth-order valence-electron chi connectivity index (χ4n) is 3.75. The lowest BCUT2D eigenvalue weighted by Gasteiger charge is -2.39. The summed E-state index contributed by atoms with van der Waals surface area (Å²) in [6.45, 7) is 4.54. The van der Waals surface area contributed by atoms with E-state index >= 15 is 0 Å². The van der Waals surface area contributed by atoms with Gasteiger partial charge in [-0.3, -0.25) is 4.79 Å². The van der Waals surface area contributed by atoms with Crippen molar-refractivity contribution >= 4 is 11.9 Å². The smallest absolute Gasteiger partial charge is 0.348 e. The van der Waals surface area contributed by atoms with Crippen molar-refractivity contribution in [2.24, 2.45) is 5.92 Å². The Morgan fingerprint density at radius 3 is 2.52 bits per heavy atom. The summed E-state index contributed by atoms with van der Waals surface area (Å²) >= 11 is 0. The molecular formula is C19H26N2O4. The van der Waals surface area contributed by atoms with Crippen molar-refractivity contribution in [2.45, 2.75) is 31.8 Å². The van der Waals surface area contributed by atoms with Crippen molar-refractivity contribution in [1.29, 1.82) is 0 Å². The normalized spacial score (nSPS) is 23.4. The van der Waals surface area contributed by atoms with Gasteiger partial charge in [0, 0.05) is 32.5 Å². The number of piperidine rings is 1. The van der Waals surface area contributed by atoms with Crippen molar-refractivity contribution in [2.75, 3.05) is 33.2 Å². The molecule has 0 aliphatic carbocycles. The van der Waals surface area contributed by atoms with E-state index in [0.29, 0.717) is 31.7 Å². The lowest BCUT2D eigenvalue weighted by atomic mass is 9.90. The maximum atomic E-state index is 12.6. The van der Waals surface area contributed by atoms with Crippen LogP contribution < -0.4 is 4.74 Å². The van der Waals surface area contributed by atoms with Crippen LogP contribution in [0.3, 0.4) is 0 Å². The molecule has 1 amide bonds. The van der Waals surface area contributed by atoms with Crippen molar-refractivity contribution in [3.8, 4) is 5.75 Å². The van der Waals surface area contributed by atoms with Crippen LogP contribution >= 0.6 is 0 Å². The van der Waals surface area contributed by atoms with Gasteiger partial charge in [-0.05, 0) is 44.6 Å². The Bertz CT molecular complexity index is 653. The van der Waals surface area contributed by atoms with Crippen LogP contribution in [-0.2, 0) is 9.59 Å². The second-order valence-electron chi connectivity index (χ2n) is 7.29. The van der Waals surface area contributed by atoms with Crippen LogP contribution in [0.25, 0.3) is 0 Å². The number of ether oxygens (including phenoxy) is 1. The number of carboxylic acids is 1. The van der Waals surface area contributed by atoms with Crippen LogP contribution in [0.15, 0.2) is 24.3 Å². The summed E-state index contributed by atoms with van der Waals surface area (Å²) in [6.07, 6.45) is 1.50. The molecule has 2 fully saturated rings. The molecule has 25 heavy (non-hydrogen) atoms. The predicted octanol–water partition coefficient (Wildman–Crippen LogP) is 1.77. The van der Waals surface area contributed by atoms with Gasteiger partial charge in [-0.2, -0.15) is 0 Å². The van der Waals surface area contributed by atoms with Crippen LogP contribution in [-0.4, -0.2) is 65.6 Å². The molecule has 0 radical (unpaired) electrons. The zero-order chi connectivity index (χ0) is 18.0. The van der Waals surface area contributed by atoms with Crippen molar-refractivity contribution in [3.63, 3.8) is 0 Å². The van der Waals surface area contributed by atoms with Gasteiger partial charge in [0.05, 0.1) is 5.92 Å². The number of aryl methyl sites for hydroxylation is 1. The molecule has 3 rings (SSSR count). The number of benzene rings is 1. The SMILES string of the molecule is Cc1cccc(OC2(C(=O)O)CCN(C(=O)[C@@H]3CCN(C)C3)CC2)c1. The van der Waals surface area contributed by atoms with Gasteiger partial charge in [-0.1, -0.05) is 12.1 Å². The summed E-state index contributed by atoms with van der Waals surface area (Å²) in [5.41, 5.74) is -0.229. The molecule has 1 N–H and O–H groups in total. The standard InChI is InChI=1S/C19H26N2O4/c1-14-4-3-5-16(12-14)25-19(18(23)24)7-10-21(11-8-19)17(22)15-6-9-20(2)13-15/h3-5,12,15H,6-11,13H2,1-2H3,(H,23,24)/t15-/m1/s1. The van der Waals surface area contributed by atoms with Gasteiger partial charge < -0.3 is 19.6 Å². The van der Waals surface area contributed by atoms with E-state index in [2.05, 4.69) is 4.90 Å². The molecule has 2 heterocycles. The molecule has 2 aliphatic heterocycles. The van der Waals surface area contributed by atoms with Gasteiger partial charge in [0.25, 0.3) is 0 Å². The monoisotopic (exact) mass is 346 g/mol. The molecule has 2 saturated heterocycles. The summed E-state index contributed by atoms with van der Waals surface area (Å²) in [4.78, 5) is 28.5. The number of likely N-dealkylation sites (tertiary alicyclic amines) is 2. The van der Waals surface area contributed by atoms with Gasteiger partial charge >= 0.3 is 5.97 Å². The summed E-state index contributed by atoms with van der Waals surface area (Å²) in [7, 11) is 2.02. The largest absolute Gasteiger partial charge is 0.478 e. The van der Waals surface area contributed by atoms with Gasteiger partial charge in [-0.15, -0.1) is 0 Å². The Hall–Kier alpha value is -2.08. The lowest BCUT2D eigenvalue weighted by molar-refractivity contribution is -0.162. The number of amides is 1. The highest BCUT2D eigenvalue weighted by Gasteiger charge is 2.45.